The van der Waals surface area contributed by atoms with Crippen LogP contribution in [0.5, 0.6) is 5.75 Å². The van der Waals surface area contributed by atoms with Crippen LogP contribution in [0.1, 0.15) is 18.1 Å². The smallest absolute Gasteiger partial charge is 0.278 e. The van der Waals surface area contributed by atoms with Crippen LogP contribution >= 0.6 is 11.6 Å². The average molecular weight is 447 g/mol. The molecule has 0 unspecified atom stereocenters. The molecule has 1 aliphatic heterocycles. The van der Waals surface area contributed by atoms with Gasteiger partial charge in [-0.15, -0.1) is 0 Å². The van der Waals surface area contributed by atoms with Crippen LogP contribution in [0.2, 0.25) is 5.02 Å². The predicted octanol–water partition coefficient (Wildman–Crippen LogP) is 5.17. The lowest BCUT2D eigenvalue weighted by molar-refractivity contribution is -0.136. The van der Waals surface area contributed by atoms with Crippen molar-refractivity contribution in [2.24, 2.45) is 0 Å². The summed E-state index contributed by atoms with van der Waals surface area (Å²) in [7, 11) is 0. The molecule has 0 saturated heterocycles. The van der Waals surface area contributed by atoms with E-state index >= 15 is 0 Å². The average Bonchev–Trinajstić information content (AvgIpc) is 3.03. The van der Waals surface area contributed by atoms with Gasteiger partial charge in [0, 0.05) is 23.3 Å². The van der Waals surface area contributed by atoms with Crippen molar-refractivity contribution >= 4 is 34.7 Å². The van der Waals surface area contributed by atoms with Gasteiger partial charge in [0.2, 0.25) is 0 Å². The van der Waals surface area contributed by atoms with E-state index in [9.17, 15) is 9.59 Å². The monoisotopic (exact) mass is 446 g/mol. The highest BCUT2D eigenvalue weighted by atomic mass is 35.5. The van der Waals surface area contributed by atoms with E-state index in [4.69, 9.17) is 16.3 Å². The fourth-order valence-electron chi connectivity index (χ4n) is 3.64. The quantitative estimate of drug-likeness (QED) is 0.485. The van der Waals surface area contributed by atoms with Crippen LogP contribution in [0.4, 0.5) is 5.69 Å². The molecule has 6 heteroatoms. The predicted molar refractivity (Wildman–Crippen MR) is 126 cm³/mol. The van der Waals surface area contributed by atoms with E-state index in [0.29, 0.717) is 47.2 Å². The number of carbonyl (C=O) groups is 2. The Balaban J connectivity index is 1.66. The number of nitrogens with one attached hydrogen (secondary N) is 1. The molecule has 1 N–H and O–H groups in total. The molecule has 0 saturated carbocycles. The molecule has 3 aromatic carbocycles. The van der Waals surface area contributed by atoms with Crippen molar-refractivity contribution in [3.05, 3.63) is 101 Å². The van der Waals surface area contributed by atoms with Crippen LogP contribution in [-0.4, -0.2) is 29.9 Å². The van der Waals surface area contributed by atoms with E-state index in [-0.39, 0.29) is 17.5 Å². The molecule has 0 fully saturated rings. The van der Waals surface area contributed by atoms with E-state index in [0.717, 1.165) is 5.56 Å². The molecule has 0 aliphatic carbocycles. The van der Waals surface area contributed by atoms with Crippen LogP contribution in [0, 0.1) is 0 Å². The minimum absolute atomic E-state index is 0.249. The van der Waals surface area contributed by atoms with Crippen molar-refractivity contribution in [2.75, 3.05) is 18.5 Å². The number of halogens is 1. The lowest BCUT2D eigenvalue weighted by Gasteiger charge is -2.15. The van der Waals surface area contributed by atoms with Gasteiger partial charge in [0.1, 0.15) is 11.4 Å². The number of ether oxygens (including phenoxy) is 1. The normalized spacial score (nSPS) is 13.6. The molecule has 4 rings (SSSR count). The van der Waals surface area contributed by atoms with E-state index in [1.165, 1.54) is 4.90 Å². The van der Waals surface area contributed by atoms with Gasteiger partial charge in [-0.1, -0.05) is 60.1 Å². The van der Waals surface area contributed by atoms with Crippen molar-refractivity contribution in [1.82, 2.24) is 4.90 Å². The van der Waals surface area contributed by atoms with Crippen LogP contribution in [0.15, 0.2) is 84.6 Å². The Kier molecular flexibility index (Phi) is 6.57. The number of imide groups is 1. The molecule has 0 atom stereocenters. The molecule has 0 spiro atoms. The lowest BCUT2D eigenvalue weighted by Crippen LogP contribution is -2.34. The Bertz CT molecular complexity index is 1160. The molecule has 2 amide bonds. The van der Waals surface area contributed by atoms with Gasteiger partial charge >= 0.3 is 0 Å². The van der Waals surface area contributed by atoms with Gasteiger partial charge < -0.3 is 10.1 Å². The first-order valence-electron chi connectivity index (χ1n) is 10.5. The Labute approximate surface area is 192 Å². The summed E-state index contributed by atoms with van der Waals surface area (Å²) in [4.78, 5) is 28.0. The fraction of sp³-hybridized carbons (Fsp3) is 0.154. The van der Waals surface area contributed by atoms with E-state index in [1.807, 2.05) is 55.5 Å². The summed E-state index contributed by atoms with van der Waals surface area (Å²) in [6.07, 6.45) is 0.583. The van der Waals surface area contributed by atoms with Crippen LogP contribution < -0.4 is 10.1 Å². The topological polar surface area (TPSA) is 58.6 Å². The highest BCUT2D eigenvalue weighted by molar-refractivity contribution is 6.36. The Hall–Kier alpha value is -3.57. The van der Waals surface area contributed by atoms with Crippen LogP contribution in [0.25, 0.3) is 5.57 Å². The van der Waals surface area contributed by atoms with Crippen molar-refractivity contribution in [3.63, 3.8) is 0 Å². The first-order chi connectivity index (χ1) is 15.6. The summed E-state index contributed by atoms with van der Waals surface area (Å²) >= 11 is 6.04. The van der Waals surface area contributed by atoms with Crippen LogP contribution in [-0.2, 0) is 16.0 Å². The number of amides is 2. The highest BCUT2D eigenvalue weighted by Crippen LogP contribution is 2.32. The van der Waals surface area contributed by atoms with Gasteiger partial charge in [-0.2, -0.15) is 0 Å². The molecule has 3 aromatic rings. The lowest BCUT2D eigenvalue weighted by atomic mass is 10.0. The number of hydrogen-bond donors (Lipinski definition) is 1. The molecule has 0 bridgehead atoms. The highest BCUT2D eigenvalue weighted by Gasteiger charge is 2.38. The van der Waals surface area contributed by atoms with Gasteiger partial charge in [0.05, 0.1) is 12.2 Å². The largest absolute Gasteiger partial charge is 0.494 e. The number of rotatable bonds is 8. The van der Waals surface area contributed by atoms with Crippen LogP contribution in [0.3, 0.4) is 0 Å². The van der Waals surface area contributed by atoms with Gasteiger partial charge in [-0.05, 0) is 48.7 Å². The SMILES string of the molecule is CCOc1cccc(NC2=C(c3ccc(Cl)cc3)C(=O)N(CCc3ccccc3)C2=O)c1. The van der Waals surface area contributed by atoms with E-state index in [2.05, 4.69) is 5.32 Å². The Morgan fingerprint density at radius 3 is 2.38 bits per heavy atom. The summed E-state index contributed by atoms with van der Waals surface area (Å²) < 4.78 is 5.56. The van der Waals surface area contributed by atoms with Gasteiger partial charge in [0.25, 0.3) is 11.8 Å². The molecular formula is C26H23ClN2O3. The molecule has 0 radical (unpaired) electrons. The number of benzene rings is 3. The third kappa shape index (κ3) is 4.68. The molecule has 1 aliphatic rings. The zero-order valence-corrected chi connectivity index (χ0v) is 18.4. The standard InChI is InChI=1S/C26H23ClN2O3/c1-2-32-22-10-6-9-21(17-22)28-24-23(19-11-13-20(27)14-12-19)25(30)29(26(24)31)16-15-18-7-4-3-5-8-18/h3-14,17,28H,2,15-16H2,1H3. The third-order valence-electron chi connectivity index (χ3n) is 5.18. The number of carbonyl (C=O) groups excluding carboxylic acids is 2. The molecule has 5 nitrogen and oxygen atoms in total. The second-order valence-electron chi connectivity index (χ2n) is 7.34. The summed E-state index contributed by atoms with van der Waals surface area (Å²) in [5.41, 5.74) is 2.95. The maximum atomic E-state index is 13.3. The number of hydrogen-bond acceptors (Lipinski definition) is 4. The number of nitrogens with zero attached hydrogens (tertiary/aromatic N) is 1. The second kappa shape index (κ2) is 9.71. The Morgan fingerprint density at radius 2 is 1.66 bits per heavy atom. The fourth-order valence-corrected chi connectivity index (χ4v) is 3.77. The first-order valence-corrected chi connectivity index (χ1v) is 10.8. The maximum Gasteiger partial charge on any atom is 0.278 e. The number of anilines is 1. The molecule has 0 aromatic heterocycles. The zero-order chi connectivity index (χ0) is 22.5. The summed E-state index contributed by atoms with van der Waals surface area (Å²) in [5.74, 6) is 0.0123. The minimum Gasteiger partial charge on any atom is -0.494 e. The third-order valence-corrected chi connectivity index (χ3v) is 5.43. The first kappa shape index (κ1) is 21.7. The molecule has 162 valence electrons. The van der Waals surface area contributed by atoms with E-state index in [1.54, 1.807) is 30.3 Å². The summed E-state index contributed by atoms with van der Waals surface area (Å²) in [5, 5.41) is 3.73. The van der Waals surface area contributed by atoms with Crippen molar-refractivity contribution in [2.45, 2.75) is 13.3 Å². The molecule has 32 heavy (non-hydrogen) atoms. The van der Waals surface area contributed by atoms with Gasteiger partial charge in [0.15, 0.2) is 0 Å². The van der Waals surface area contributed by atoms with E-state index < -0.39 is 0 Å². The Morgan fingerprint density at radius 1 is 0.906 bits per heavy atom. The van der Waals surface area contributed by atoms with Crippen molar-refractivity contribution in [3.8, 4) is 5.75 Å². The minimum atomic E-state index is -0.349. The summed E-state index contributed by atoms with van der Waals surface area (Å²) in [6.45, 7) is 2.74. The van der Waals surface area contributed by atoms with Crippen molar-refractivity contribution < 1.29 is 14.3 Å². The summed E-state index contributed by atoms with van der Waals surface area (Å²) in [6, 6.07) is 24.0. The van der Waals surface area contributed by atoms with Gasteiger partial charge in [-0.3, -0.25) is 14.5 Å². The second-order valence-corrected chi connectivity index (χ2v) is 7.78. The maximum absolute atomic E-state index is 13.3. The van der Waals surface area contributed by atoms with Crippen molar-refractivity contribution in [1.29, 1.82) is 0 Å². The molecule has 1 heterocycles. The van der Waals surface area contributed by atoms with Gasteiger partial charge in [-0.25, -0.2) is 0 Å². The zero-order valence-electron chi connectivity index (χ0n) is 17.7. The molecular weight excluding hydrogens is 424 g/mol.